The van der Waals surface area contributed by atoms with Crippen molar-refractivity contribution >= 4 is 15.7 Å². The number of nitrogens with zero attached hydrogens (tertiary/aromatic N) is 1. The van der Waals surface area contributed by atoms with Gasteiger partial charge in [-0.3, -0.25) is 4.79 Å². The van der Waals surface area contributed by atoms with Gasteiger partial charge in [0.15, 0.2) is 9.84 Å². The molecule has 0 radical (unpaired) electrons. The zero-order chi connectivity index (χ0) is 18.7. The fraction of sp³-hybridized carbons (Fsp3) is 0.611. The number of carbonyl (C=O) groups excluding carboxylic acids is 1. The molecule has 1 amide bonds. The minimum absolute atomic E-state index is 0.0680. The van der Waals surface area contributed by atoms with E-state index in [1.54, 1.807) is 31.3 Å². The van der Waals surface area contributed by atoms with Crippen molar-refractivity contribution in [1.82, 2.24) is 4.90 Å². The zero-order valence-electron chi connectivity index (χ0n) is 14.8. The lowest BCUT2D eigenvalue weighted by atomic mass is 9.68. The van der Waals surface area contributed by atoms with Gasteiger partial charge in [0.1, 0.15) is 0 Å². The first-order valence-electron chi connectivity index (χ1n) is 8.56. The molecule has 0 saturated heterocycles. The maximum absolute atomic E-state index is 13.2. The van der Waals surface area contributed by atoms with Crippen molar-refractivity contribution in [1.29, 1.82) is 0 Å². The second-order valence-corrected chi connectivity index (χ2v) is 8.98. The number of carbonyl (C=O) groups is 1. The molecule has 1 aromatic rings. The fourth-order valence-corrected chi connectivity index (χ4v) is 4.26. The van der Waals surface area contributed by atoms with E-state index in [1.807, 2.05) is 0 Å². The molecule has 25 heavy (non-hydrogen) atoms. The van der Waals surface area contributed by atoms with E-state index in [4.69, 9.17) is 5.11 Å². The molecular formula is C18H27NO5S. The predicted molar refractivity (Wildman–Crippen MR) is 95.0 cm³/mol. The standard InChI is InChI=1S/C18H27NO5S/c1-19(12-15(21)13-20)17(22)18(10-4-3-5-11-18)14-6-8-16(9-7-14)25(2,23)24/h6-9,15,20-21H,3-5,10-13H2,1-2H3/t15-/m1/s1. The molecule has 1 atom stereocenters. The Morgan fingerprint density at radius 1 is 1.20 bits per heavy atom. The van der Waals surface area contributed by atoms with Crippen molar-refractivity contribution in [2.75, 3.05) is 26.5 Å². The maximum Gasteiger partial charge on any atom is 0.233 e. The molecule has 0 aromatic heterocycles. The molecule has 6 nitrogen and oxygen atoms in total. The van der Waals surface area contributed by atoms with Crippen LogP contribution in [-0.4, -0.2) is 62.0 Å². The highest BCUT2D eigenvalue weighted by atomic mass is 32.2. The number of aliphatic hydroxyl groups is 2. The first-order chi connectivity index (χ1) is 11.7. The number of hydrogen-bond acceptors (Lipinski definition) is 5. The van der Waals surface area contributed by atoms with Gasteiger partial charge >= 0.3 is 0 Å². The number of aliphatic hydroxyl groups excluding tert-OH is 2. The van der Waals surface area contributed by atoms with E-state index in [0.717, 1.165) is 31.1 Å². The molecule has 1 aromatic carbocycles. The van der Waals surface area contributed by atoms with Gasteiger partial charge in [0.2, 0.25) is 5.91 Å². The molecule has 2 N–H and O–H groups in total. The number of likely N-dealkylation sites (N-methyl/N-ethyl adjacent to an activating group) is 1. The number of rotatable bonds is 6. The molecule has 2 rings (SSSR count). The van der Waals surface area contributed by atoms with Gasteiger partial charge in [-0.1, -0.05) is 31.4 Å². The predicted octanol–water partition coefficient (Wildman–Crippen LogP) is 1.10. The monoisotopic (exact) mass is 369 g/mol. The molecule has 0 heterocycles. The highest BCUT2D eigenvalue weighted by Crippen LogP contribution is 2.41. The minimum Gasteiger partial charge on any atom is -0.394 e. The van der Waals surface area contributed by atoms with Crippen LogP contribution in [0.2, 0.25) is 0 Å². The van der Waals surface area contributed by atoms with Crippen LogP contribution in [0.1, 0.15) is 37.7 Å². The average Bonchev–Trinajstić information content (AvgIpc) is 2.60. The summed E-state index contributed by atoms with van der Waals surface area (Å²) in [7, 11) is -1.65. The molecule has 0 unspecified atom stereocenters. The summed E-state index contributed by atoms with van der Waals surface area (Å²) < 4.78 is 23.3. The van der Waals surface area contributed by atoms with E-state index in [-0.39, 0.29) is 17.3 Å². The molecule has 0 bridgehead atoms. The Labute approximate surface area is 149 Å². The molecule has 140 valence electrons. The van der Waals surface area contributed by atoms with Gasteiger partial charge in [-0.2, -0.15) is 0 Å². The summed E-state index contributed by atoms with van der Waals surface area (Å²) in [6.07, 6.45) is 4.51. The number of benzene rings is 1. The van der Waals surface area contributed by atoms with Gasteiger partial charge < -0.3 is 15.1 Å². The molecular weight excluding hydrogens is 342 g/mol. The van der Waals surface area contributed by atoms with Crippen molar-refractivity contribution in [2.45, 2.75) is 48.5 Å². The van der Waals surface area contributed by atoms with Gasteiger partial charge in [0.25, 0.3) is 0 Å². The lowest BCUT2D eigenvalue weighted by molar-refractivity contribution is -0.139. The first kappa shape index (κ1) is 19.9. The summed E-state index contributed by atoms with van der Waals surface area (Å²) in [5.41, 5.74) is 0.119. The van der Waals surface area contributed by atoms with E-state index in [9.17, 15) is 18.3 Å². The van der Waals surface area contributed by atoms with E-state index in [0.29, 0.717) is 12.8 Å². The lowest BCUT2D eigenvalue weighted by Crippen LogP contribution is -2.49. The summed E-state index contributed by atoms with van der Waals surface area (Å²) in [6, 6.07) is 6.57. The molecule has 1 aliphatic carbocycles. The summed E-state index contributed by atoms with van der Waals surface area (Å²) >= 11 is 0. The third kappa shape index (κ3) is 4.40. The van der Waals surface area contributed by atoms with Crippen molar-refractivity contribution < 1.29 is 23.4 Å². The Bertz CT molecular complexity index is 693. The zero-order valence-corrected chi connectivity index (χ0v) is 15.6. The van der Waals surface area contributed by atoms with Crippen LogP contribution in [-0.2, 0) is 20.0 Å². The van der Waals surface area contributed by atoms with Gasteiger partial charge in [-0.05, 0) is 30.5 Å². The normalized spacial score (nSPS) is 18.6. The van der Waals surface area contributed by atoms with Gasteiger partial charge in [-0.15, -0.1) is 0 Å². The SMILES string of the molecule is CN(C[C@@H](O)CO)C(=O)C1(c2ccc(S(C)(=O)=O)cc2)CCCCC1. The number of sulfone groups is 1. The fourth-order valence-electron chi connectivity index (χ4n) is 3.62. The van der Waals surface area contributed by atoms with Gasteiger partial charge in [-0.25, -0.2) is 8.42 Å². The Hall–Kier alpha value is -1.44. The highest BCUT2D eigenvalue weighted by molar-refractivity contribution is 7.90. The van der Waals surface area contributed by atoms with E-state index < -0.39 is 28.0 Å². The van der Waals surface area contributed by atoms with Crippen molar-refractivity contribution in [3.8, 4) is 0 Å². The molecule has 1 saturated carbocycles. The Morgan fingerprint density at radius 2 is 1.76 bits per heavy atom. The second kappa shape index (κ2) is 7.85. The quantitative estimate of drug-likeness (QED) is 0.783. The summed E-state index contributed by atoms with van der Waals surface area (Å²) in [6.45, 7) is -0.327. The maximum atomic E-state index is 13.2. The highest BCUT2D eigenvalue weighted by Gasteiger charge is 2.43. The first-order valence-corrected chi connectivity index (χ1v) is 10.4. The Balaban J connectivity index is 2.36. The summed E-state index contributed by atoms with van der Waals surface area (Å²) in [4.78, 5) is 14.9. The summed E-state index contributed by atoms with van der Waals surface area (Å²) in [5.74, 6) is -0.0909. The largest absolute Gasteiger partial charge is 0.394 e. The Morgan fingerprint density at radius 3 is 2.24 bits per heavy atom. The molecule has 0 spiro atoms. The van der Waals surface area contributed by atoms with Crippen molar-refractivity contribution in [2.24, 2.45) is 0 Å². The number of amides is 1. The second-order valence-electron chi connectivity index (χ2n) is 6.96. The molecule has 1 fully saturated rings. The molecule has 1 aliphatic rings. The van der Waals surface area contributed by atoms with E-state index >= 15 is 0 Å². The van der Waals surface area contributed by atoms with Crippen molar-refractivity contribution in [3.63, 3.8) is 0 Å². The average molecular weight is 369 g/mol. The van der Waals surface area contributed by atoms with Crippen LogP contribution in [0.4, 0.5) is 0 Å². The van der Waals surface area contributed by atoms with E-state index in [2.05, 4.69) is 0 Å². The van der Waals surface area contributed by atoms with Crippen molar-refractivity contribution in [3.05, 3.63) is 29.8 Å². The van der Waals surface area contributed by atoms with Gasteiger partial charge in [0.05, 0.1) is 23.0 Å². The van der Waals surface area contributed by atoms with Crippen LogP contribution in [0.5, 0.6) is 0 Å². The van der Waals surface area contributed by atoms with Gasteiger partial charge in [0, 0.05) is 19.8 Å². The third-order valence-electron chi connectivity index (χ3n) is 4.99. The minimum atomic E-state index is -3.28. The topological polar surface area (TPSA) is 94.9 Å². The van der Waals surface area contributed by atoms with Crippen LogP contribution >= 0.6 is 0 Å². The smallest absolute Gasteiger partial charge is 0.233 e. The van der Waals surface area contributed by atoms with E-state index in [1.165, 1.54) is 4.90 Å². The van der Waals surface area contributed by atoms with Crippen LogP contribution < -0.4 is 0 Å². The molecule has 0 aliphatic heterocycles. The van der Waals surface area contributed by atoms with Crippen LogP contribution in [0.15, 0.2) is 29.2 Å². The van der Waals surface area contributed by atoms with Crippen LogP contribution in [0.25, 0.3) is 0 Å². The Kier molecular flexibility index (Phi) is 6.24. The van der Waals surface area contributed by atoms with Crippen LogP contribution in [0.3, 0.4) is 0 Å². The lowest BCUT2D eigenvalue weighted by Gasteiger charge is -2.39. The van der Waals surface area contributed by atoms with Crippen LogP contribution in [0, 0.1) is 0 Å². The number of hydrogen-bond donors (Lipinski definition) is 2. The molecule has 7 heteroatoms. The third-order valence-corrected chi connectivity index (χ3v) is 6.12. The summed E-state index contributed by atoms with van der Waals surface area (Å²) in [5, 5.41) is 18.7.